The van der Waals surface area contributed by atoms with Crippen molar-refractivity contribution in [3.05, 3.63) is 40.9 Å². The highest BCUT2D eigenvalue weighted by molar-refractivity contribution is 6.30. The molecule has 0 spiro atoms. The summed E-state index contributed by atoms with van der Waals surface area (Å²) in [5.74, 6) is -0.449. The van der Waals surface area contributed by atoms with Crippen LogP contribution in [0.3, 0.4) is 0 Å². The first-order valence-electron chi connectivity index (χ1n) is 4.53. The van der Waals surface area contributed by atoms with Crippen molar-refractivity contribution in [1.29, 1.82) is 0 Å². The molecule has 0 amide bonds. The van der Waals surface area contributed by atoms with E-state index in [2.05, 4.69) is 0 Å². The molecule has 0 saturated heterocycles. The third-order valence-electron chi connectivity index (χ3n) is 1.72. The molecule has 0 atom stereocenters. The normalized spacial score (nSPS) is 11.2. The molecule has 1 aromatic carbocycles. The Morgan fingerprint density at radius 2 is 2.33 bits per heavy atom. The van der Waals surface area contributed by atoms with Crippen molar-refractivity contribution < 1.29 is 9.53 Å². The van der Waals surface area contributed by atoms with Gasteiger partial charge in [-0.05, 0) is 24.6 Å². The third-order valence-corrected chi connectivity index (χ3v) is 1.95. The molecule has 0 fully saturated rings. The molecule has 0 aliphatic rings. The van der Waals surface area contributed by atoms with Crippen LogP contribution in [0.25, 0.3) is 5.70 Å². The second-order valence-corrected chi connectivity index (χ2v) is 3.30. The summed E-state index contributed by atoms with van der Waals surface area (Å²) < 4.78 is 4.74. The fourth-order valence-corrected chi connectivity index (χ4v) is 1.25. The largest absolute Gasteiger partial charge is 0.463 e. The minimum absolute atomic E-state index is 0.332. The summed E-state index contributed by atoms with van der Waals surface area (Å²) in [6.45, 7) is 2.07. The lowest BCUT2D eigenvalue weighted by molar-refractivity contribution is -0.137. The summed E-state index contributed by atoms with van der Waals surface area (Å²) in [4.78, 5) is 11.1. The summed E-state index contributed by atoms with van der Waals surface area (Å²) in [6.07, 6.45) is 1.25. The molecule has 0 aliphatic carbocycles. The van der Waals surface area contributed by atoms with Crippen molar-refractivity contribution in [2.75, 3.05) is 6.61 Å². The predicted molar refractivity (Wildman–Crippen MR) is 60.2 cm³/mol. The van der Waals surface area contributed by atoms with Crippen molar-refractivity contribution >= 4 is 23.3 Å². The van der Waals surface area contributed by atoms with Crippen molar-refractivity contribution in [2.45, 2.75) is 6.92 Å². The van der Waals surface area contributed by atoms with E-state index in [1.165, 1.54) is 6.08 Å². The molecule has 0 saturated carbocycles. The molecule has 2 N–H and O–H groups in total. The predicted octanol–water partition coefficient (Wildman–Crippen LogP) is 2.20. The van der Waals surface area contributed by atoms with Gasteiger partial charge in [-0.1, -0.05) is 23.7 Å². The highest BCUT2D eigenvalue weighted by Crippen LogP contribution is 2.15. The van der Waals surface area contributed by atoms with Crippen LogP contribution >= 0.6 is 11.6 Å². The molecule has 0 heterocycles. The van der Waals surface area contributed by atoms with Gasteiger partial charge in [0, 0.05) is 16.8 Å². The summed E-state index contributed by atoms with van der Waals surface area (Å²) in [6, 6.07) is 6.97. The first-order chi connectivity index (χ1) is 7.13. The maximum Gasteiger partial charge on any atom is 0.332 e. The number of halogens is 1. The number of nitrogens with two attached hydrogens (primary N) is 1. The molecule has 0 unspecified atom stereocenters. The minimum Gasteiger partial charge on any atom is -0.463 e. The SMILES string of the molecule is CCOC(=O)/C=C(/N)c1cccc(Cl)c1. The smallest absolute Gasteiger partial charge is 0.332 e. The molecule has 1 rings (SSSR count). The Morgan fingerprint density at radius 3 is 2.93 bits per heavy atom. The summed E-state index contributed by atoms with van der Waals surface area (Å²) in [5, 5.41) is 0.577. The highest BCUT2D eigenvalue weighted by atomic mass is 35.5. The second-order valence-electron chi connectivity index (χ2n) is 2.86. The Bertz CT molecular complexity index is 388. The summed E-state index contributed by atoms with van der Waals surface area (Å²) in [7, 11) is 0. The van der Waals surface area contributed by atoms with E-state index in [-0.39, 0.29) is 0 Å². The zero-order chi connectivity index (χ0) is 11.3. The molecule has 3 nitrogen and oxygen atoms in total. The van der Waals surface area contributed by atoms with Crippen molar-refractivity contribution in [1.82, 2.24) is 0 Å². The number of esters is 1. The fraction of sp³-hybridized carbons (Fsp3) is 0.182. The minimum atomic E-state index is -0.449. The zero-order valence-electron chi connectivity index (χ0n) is 8.37. The van der Waals surface area contributed by atoms with Gasteiger partial charge in [0.05, 0.1) is 6.61 Å². The quantitative estimate of drug-likeness (QED) is 0.634. The van der Waals surface area contributed by atoms with Crippen LogP contribution in [-0.2, 0) is 9.53 Å². The maximum absolute atomic E-state index is 11.1. The standard InChI is InChI=1S/C11H12ClNO2/c1-2-15-11(14)7-10(13)8-4-3-5-9(12)6-8/h3-7H,2,13H2,1H3/b10-7+. The van der Waals surface area contributed by atoms with Crippen LogP contribution in [0.2, 0.25) is 5.02 Å². The topological polar surface area (TPSA) is 52.3 Å². The molecule has 0 bridgehead atoms. The molecular weight excluding hydrogens is 214 g/mol. The number of rotatable bonds is 3. The average Bonchev–Trinajstić information content (AvgIpc) is 2.18. The van der Waals surface area contributed by atoms with Gasteiger partial charge in [-0.25, -0.2) is 4.79 Å². The van der Waals surface area contributed by atoms with Gasteiger partial charge in [0.25, 0.3) is 0 Å². The Balaban J connectivity index is 2.84. The first kappa shape index (κ1) is 11.6. The van der Waals surface area contributed by atoms with Gasteiger partial charge < -0.3 is 10.5 Å². The Labute approximate surface area is 93.5 Å². The van der Waals surface area contributed by atoms with Gasteiger partial charge in [-0.3, -0.25) is 0 Å². The molecule has 0 radical (unpaired) electrons. The van der Waals surface area contributed by atoms with Crippen molar-refractivity contribution in [2.24, 2.45) is 5.73 Å². The molecule has 1 aromatic rings. The Kier molecular flexibility index (Phi) is 4.18. The third kappa shape index (κ3) is 3.64. The van der Waals surface area contributed by atoms with Crippen LogP contribution in [0.4, 0.5) is 0 Å². The monoisotopic (exact) mass is 225 g/mol. The van der Waals surface area contributed by atoms with Crippen LogP contribution in [0.1, 0.15) is 12.5 Å². The van der Waals surface area contributed by atoms with Crippen LogP contribution in [0.15, 0.2) is 30.3 Å². The van der Waals surface area contributed by atoms with Crippen LogP contribution in [-0.4, -0.2) is 12.6 Å². The molecule has 0 aromatic heterocycles. The first-order valence-corrected chi connectivity index (χ1v) is 4.91. The van der Waals surface area contributed by atoms with Gasteiger partial charge in [-0.15, -0.1) is 0 Å². The van der Waals surface area contributed by atoms with Crippen LogP contribution in [0.5, 0.6) is 0 Å². The molecule has 80 valence electrons. The average molecular weight is 226 g/mol. The number of hydrogen-bond acceptors (Lipinski definition) is 3. The molecular formula is C11H12ClNO2. The molecule has 4 heteroatoms. The zero-order valence-corrected chi connectivity index (χ0v) is 9.12. The van der Waals surface area contributed by atoms with E-state index in [0.717, 1.165) is 0 Å². The van der Waals surface area contributed by atoms with Gasteiger partial charge in [0.15, 0.2) is 0 Å². The number of carbonyl (C=O) groups excluding carboxylic acids is 1. The number of hydrogen-bond donors (Lipinski definition) is 1. The van der Waals surface area contributed by atoms with E-state index >= 15 is 0 Å². The van der Waals surface area contributed by atoms with E-state index in [1.807, 2.05) is 0 Å². The second kappa shape index (κ2) is 5.41. The number of benzene rings is 1. The van der Waals surface area contributed by atoms with Crippen LogP contribution < -0.4 is 5.73 Å². The maximum atomic E-state index is 11.1. The lowest BCUT2D eigenvalue weighted by Gasteiger charge is -2.02. The molecule has 0 aliphatic heterocycles. The summed E-state index contributed by atoms with van der Waals surface area (Å²) in [5.41, 5.74) is 6.74. The van der Waals surface area contributed by atoms with E-state index in [1.54, 1.807) is 31.2 Å². The van der Waals surface area contributed by atoms with E-state index in [9.17, 15) is 4.79 Å². The lowest BCUT2D eigenvalue weighted by Crippen LogP contribution is -2.05. The summed E-state index contributed by atoms with van der Waals surface area (Å²) >= 11 is 5.79. The van der Waals surface area contributed by atoms with Crippen molar-refractivity contribution in [3.63, 3.8) is 0 Å². The van der Waals surface area contributed by atoms with Gasteiger partial charge in [0.2, 0.25) is 0 Å². The fourth-order valence-electron chi connectivity index (χ4n) is 1.06. The van der Waals surface area contributed by atoms with Crippen LogP contribution in [0, 0.1) is 0 Å². The van der Waals surface area contributed by atoms with E-state index in [0.29, 0.717) is 22.9 Å². The Hall–Kier alpha value is -1.48. The van der Waals surface area contributed by atoms with Gasteiger partial charge >= 0.3 is 5.97 Å². The van der Waals surface area contributed by atoms with Gasteiger partial charge in [-0.2, -0.15) is 0 Å². The number of carbonyl (C=O) groups is 1. The molecule has 15 heavy (non-hydrogen) atoms. The van der Waals surface area contributed by atoms with E-state index in [4.69, 9.17) is 22.1 Å². The lowest BCUT2D eigenvalue weighted by atomic mass is 10.1. The van der Waals surface area contributed by atoms with E-state index < -0.39 is 5.97 Å². The van der Waals surface area contributed by atoms with Gasteiger partial charge in [0.1, 0.15) is 0 Å². The van der Waals surface area contributed by atoms with Crippen molar-refractivity contribution in [3.8, 4) is 0 Å². The highest BCUT2D eigenvalue weighted by Gasteiger charge is 2.01. The number of ether oxygens (including phenoxy) is 1. The Morgan fingerprint density at radius 1 is 1.60 bits per heavy atom.